The Labute approximate surface area is 107 Å². The van der Waals surface area contributed by atoms with Gasteiger partial charge in [0.15, 0.2) is 11.8 Å². The number of aromatic nitrogens is 2. The van der Waals surface area contributed by atoms with Gasteiger partial charge in [-0.05, 0) is 7.05 Å². The molecule has 2 heterocycles. The maximum Gasteiger partial charge on any atom is 0.191 e. The summed E-state index contributed by atoms with van der Waals surface area (Å²) >= 11 is 0. The van der Waals surface area contributed by atoms with Crippen LogP contribution in [-0.4, -0.2) is 65.3 Å². The van der Waals surface area contributed by atoms with Crippen LogP contribution in [-0.2, 0) is 6.54 Å². The average molecular weight is 251 g/mol. The third-order valence-corrected chi connectivity index (χ3v) is 3.14. The molecule has 1 aliphatic heterocycles. The number of likely N-dealkylation sites (N-methyl/N-ethyl adjacent to an activating group) is 1. The van der Waals surface area contributed by atoms with E-state index in [1.165, 1.54) is 0 Å². The summed E-state index contributed by atoms with van der Waals surface area (Å²) < 4.78 is 1.88. The maximum atomic E-state index is 7.13. The van der Waals surface area contributed by atoms with E-state index >= 15 is 0 Å². The first kappa shape index (κ1) is 12.8. The molecule has 0 spiro atoms. The summed E-state index contributed by atoms with van der Waals surface area (Å²) in [5.41, 5.74) is 5.25. The Morgan fingerprint density at radius 2 is 2.11 bits per heavy atom. The van der Waals surface area contributed by atoms with Crippen molar-refractivity contribution in [2.45, 2.75) is 6.54 Å². The minimum atomic E-state index is -0.0840. The Kier molecular flexibility index (Phi) is 4.16. The molecule has 7 nitrogen and oxygen atoms in total. The van der Waals surface area contributed by atoms with Crippen molar-refractivity contribution in [3.63, 3.8) is 0 Å². The lowest BCUT2D eigenvalue weighted by Crippen LogP contribution is -2.45. The number of anilines is 1. The SMILES string of the molecule is CN1CCN(CCn2ccc(NC(=N)N)n2)CC1. The molecule has 0 bridgehead atoms. The second-order valence-corrected chi connectivity index (χ2v) is 4.65. The van der Waals surface area contributed by atoms with Crippen molar-refractivity contribution in [1.82, 2.24) is 19.6 Å². The van der Waals surface area contributed by atoms with Crippen molar-refractivity contribution >= 4 is 11.8 Å². The summed E-state index contributed by atoms with van der Waals surface area (Å²) in [7, 11) is 2.16. The minimum Gasteiger partial charge on any atom is -0.370 e. The average Bonchev–Trinajstić information content (AvgIpc) is 2.75. The van der Waals surface area contributed by atoms with E-state index in [1.54, 1.807) is 0 Å². The monoisotopic (exact) mass is 251 g/mol. The number of hydrogen-bond acceptors (Lipinski definition) is 4. The van der Waals surface area contributed by atoms with E-state index in [1.807, 2.05) is 16.9 Å². The molecule has 0 saturated carbocycles. The smallest absolute Gasteiger partial charge is 0.191 e. The molecule has 0 radical (unpaired) electrons. The van der Waals surface area contributed by atoms with Gasteiger partial charge in [-0.25, -0.2) is 0 Å². The second kappa shape index (κ2) is 5.83. The van der Waals surface area contributed by atoms with Crippen LogP contribution in [0.2, 0.25) is 0 Å². The Balaban J connectivity index is 1.76. The van der Waals surface area contributed by atoms with E-state index in [9.17, 15) is 0 Å². The number of piperazine rings is 1. The van der Waals surface area contributed by atoms with Gasteiger partial charge in [0.05, 0.1) is 6.54 Å². The molecule has 1 aromatic heterocycles. The van der Waals surface area contributed by atoms with E-state index in [2.05, 4.69) is 27.3 Å². The van der Waals surface area contributed by atoms with Crippen molar-refractivity contribution in [3.8, 4) is 0 Å². The zero-order chi connectivity index (χ0) is 13.0. The maximum absolute atomic E-state index is 7.13. The Morgan fingerprint density at radius 1 is 1.39 bits per heavy atom. The summed E-state index contributed by atoms with van der Waals surface area (Å²) in [6.45, 7) is 6.39. The van der Waals surface area contributed by atoms with Crippen molar-refractivity contribution in [1.29, 1.82) is 5.41 Å². The first-order chi connectivity index (χ1) is 8.63. The highest BCUT2D eigenvalue weighted by Gasteiger charge is 2.13. The third kappa shape index (κ3) is 3.71. The largest absolute Gasteiger partial charge is 0.370 e. The molecule has 0 atom stereocenters. The number of guanidine groups is 1. The van der Waals surface area contributed by atoms with Crippen LogP contribution in [0.3, 0.4) is 0 Å². The van der Waals surface area contributed by atoms with Gasteiger partial charge >= 0.3 is 0 Å². The van der Waals surface area contributed by atoms with Crippen LogP contribution < -0.4 is 11.1 Å². The standard InChI is InChI=1S/C11H21N7/c1-16-4-6-17(7-5-16)8-9-18-3-2-10(15-18)14-11(12)13/h2-3H,4-9H2,1H3,(H4,12,13,14,15). The van der Waals surface area contributed by atoms with Crippen molar-refractivity contribution in [3.05, 3.63) is 12.3 Å². The van der Waals surface area contributed by atoms with Crippen molar-refractivity contribution in [2.24, 2.45) is 5.73 Å². The molecule has 7 heteroatoms. The zero-order valence-corrected chi connectivity index (χ0v) is 10.8. The molecular weight excluding hydrogens is 230 g/mol. The fraction of sp³-hybridized carbons (Fsp3) is 0.636. The lowest BCUT2D eigenvalue weighted by atomic mass is 10.3. The van der Waals surface area contributed by atoms with Gasteiger partial charge in [0.25, 0.3) is 0 Å². The normalized spacial score (nSPS) is 17.8. The van der Waals surface area contributed by atoms with Gasteiger partial charge in [0.2, 0.25) is 0 Å². The predicted octanol–water partition coefficient (Wildman–Crippen LogP) is -0.564. The van der Waals surface area contributed by atoms with Crippen LogP contribution in [0.15, 0.2) is 12.3 Å². The molecule has 0 aliphatic carbocycles. The highest BCUT2D eigenvalue weighted by Crippen LogP contribution is 2.03. The van der Waals surface area contributed by atoms with Crippen molar-refractivity contribution < 1.29 is 0 Å². The molecule has 1 aromatic rings. The Bertz CT molecular complexity index is 392. The second-order valence-electron chi connectivity index (χ2n) is 4.65. The van der Waals surface area contributed by atoms with Crippen LogP contribution in [0.4, 0.5) is 5.82 Å². The molecule has 2 rings (SSSR count). The molecule has 1 saturated heterocycles. The molecule has 1 aliphatic rings. The molecule has 4 N–H and O–H groups in total. The van der Waals surface area contributed by atoms with Crippen LogP contribution in [0.25, 0.3) is 0 Å². The molecule has 0 unspecified atom stereocenters. The van der Waals surface area contributed by atoms with Gasteiger partial charge in [-0.1, -0.05) is 0 Å². The van der Waals surface area contributed by atoms with Gasteiger partial charge in [-0.15, -0.1) is 0 Å². The van der Waals surface area contributed by atoms with Crippen LogP contribution in [0, 0.1) is 5.41 Å². The van der Waals surface area contributed by atoms with E-state index < -0.39 is 0 Å². The van der Waals surface area contributed by atoms with E-state index in [4.69, 9.17) is 11.1 Å². The topological polar surface area (TPSA) is 86.2 Å². The van der Waals surface area contributed by atoms with Gasteiger partial charge in [-0.3, -0.25) is 15.0 Å². The summed E-state index contributed by atoms with van der Waals surface area (Å²) in [4.78, 5) is 4.79. The lowest BCUT2D eigenvalue weighted by Gasteiger charge is -2.32. The van der Waals surface area contributed by atoms with Crippen molar-refractivity contribution in [2.75, 3.05) is 45.1 Å². The van der Waals surface area contributed by atoms with E-state index in [-0.39, 0.29) is 5.96 Å². The minimum absolute atomic E-state index is 0.0840. The predicted molar refractivity (Wildman–Crippen MR) is 71.7 cm³/mol. The fourth-order valence-corrected chi connectivity index (χ4v) is 2.01. The van der Waals surface area contributed by atoms with Gasteiger partial charge in [0, 0.05) is 45.0 Å². The molecule has 0 aromatic carbocycles. The molecule has 0 amide bonds. The summed E-state index contributed by atoms with van der Waals surface area (Å²) in [5.74, 6) is 0.542. The number of nitrogens with one attached hydrogen (secondary N) is 2. The molecule has 100 valence electrons. The number of hydrogen-bond donors (Lipinski definition) is 3. The number of nitrogens with zero attached hydrogens (tertiary/aromatic N) is 4. The highest BCUT2D eigenvalue weighted by atomic mass is 15.3. The first-order valence-corrected chi connectivity index (χ1v) is 6.19. The summed E-state index contributed by atoms with van der Waals surface area (Å²) in [6, 6.07) is 1.82. The summed E-state index contributed by atoms with van der Waals surface area (Å²) in [5, 5.41) is 14.1. The first-order valence-electron chi connectivity index (χ1n) is 6.19. The zero-order valence-electron chi connectivity index (χ0n) is 10.8. The lowest BCUT2D eigenvalue weighted by molar-refractivity contribution is 0.149. The van der Waals surface area contributed by atoms with Crippen LogP contribution in [0.1, 0.15) is 0 Å². The number of rotatable bonds is 4. The van der Waals surface area contributed by atoms with Gasteiger partial charge < -0.3 is 16.0 Å². The molecular formula is C11H21N7. The van der Waals surface area contributed by atoms with Crippen LogP contribution in [0.5, 0.6) is 0 Å². The molecule has 1 fully saturated rings. The number of nitrogens with two attached hydrogens (primary N) is 1. The molecule has 18 heavy (non-hydrogen) atoms. The third-order valence-electron chi connectivity index (χ3n) is 3.14. The van der Waals surface area contributed by atoms with Gasteiger partial charge in [0.1, 0.15) is 0 Å². The Hall–Kier alpha value is -1.60. The summed E-state index contributed by atoms with van der Waals surface area (Å²) in [6.07, 6.45) is 1.90. The fourth-order valence-electron chi connectivity index (χ4n) is 2.01. The van der Waals surface area contributed by atoms with Gasteiger partial charge in [-0.2, -0.15) is 5.10 Å². The highest BCUT2D eigenvalue weighted by molar-refractivity contribution is 5.88. The van der Waals surface area contributed by atoms with Crippen LogP contribution >= 0.6 is 0 Å². The Morgan fingerprint density at radius 3 is 2.78 bits per heavy atom. The van der Waals surface area contributed by atoms with E-state index in [0.717, 1.165) is 39.3 Å². The quantitative estimate of drug-likeness (QED) is 0.493. The van der Waals surface area contributed by atoms with E-state index in [0.29, 0.717) is 5.82 Å².